The first-order valence-corrected chi connectivity index (χ1v) is 42.4. The zero-order chi connectivity index (χ0) is 87.5. The number of nitrogens with one attached hydrogen (secondary N) is 11. The molecule has 5 heterocycles. The first-order chi connectivity index (χ1) is 55.5. The van der Waals surface area contributed by atoms with E-state index in [0.29, 0.717) is 86.6 Å². The zero-order valence-corrected chi connectivity index (χ0v) is 75.7. The molecule has 0 spiro atoms. The lowest BCUT2D eigenvalue weighted by Gasteiger charge is -2.15. The maximum absolute atomic E-state index is 12.3. The van der Waals surface area contributed by atoms with Crippen LogP contribution in [0.5, 0.6) is 0 Å². The van der Waals surface area contributed by atoms with Crippen molar-refractivity contribution in [3.8, 4) is 0 Å². The molecule has 0 aliphatic rings. The molecule has 0 atom stereocenters. The van der Waals surface area contributed by atoms with Gasteiger partial charge in [0.1, 0.15) is 24.4 Å². The van der Waals surface area contributed by atoms with Crippen molar-refractivity contribution in [1.82, 2.24) is 5.32 Å². The summed E-state index contributed by atoms with van der Waals surface area (Å²) >= 11 is 10.0. The van der Waals surface area contributed by atoms with Crippen LogP contribution < -0.4 is 58.5 Å². The van der Waals surface area contributed by atoms with E-state index < -0.39 is 48.0 Å². The summed E-state index contributed by atoms with van der Waals surface area (Å²) in [6, 6.07) is 44.5. The summed E-state index contributed by atoms with van der Waals surface area (Å²) < 4.78 is 19.4. The summed E-state index contributed by atoms with van der Waals surface area (Å²) in [5.41, 5.74) is 11.0. The fraction of sp³-hybridized carbons (Fsp3) is 0.310. The molecule has 0 aliphatic carbocycles. The average Bonchev–Trinajstić information content (AvgIpc) is 1.71. The number of carbonyl (C=O) groups excluding carboxylic acids is 10. The normalized spacial score (nSPS) is 10.8. The fourth-order valence-corrected chi connectivity index (χ4v) is 15.6. The predicted molar refractivity (Wildman–Crippen MR) is 487 cm³/mol. The number of amides is 11. The first-order valence-electron chi connectivity index (χ1n) is 37.2. The van der Waals surface area contributed by atoms with Gasteiger partial charge in [0, 0.05) is 65.2 Å². The van der Waals surface area contributed by atoms with E-state index in [-0.39, 0.29) is 40.7 Å². The number of urea groups is 5. The van der Waals surface area contributed by atoms with Crippen LogP contribution in [0.3, 0.4) is 0 Å². The van der Waals surface area contributed by atoms with E-state index >= 15 is 0 Å². The molecule has 5 aromatic carbocycles. The Kier molecular flexibility index (Phi) is 36.0. The Hall–Kier alpha value is -11.2. The van der Waals surface area contributed by atoms with E-state index in [9.17, 15) is 47.9 Å². The van der Waals surface area contributed by atoms with Gasteiger partial charge in [-0.15, -0.1) is 56.7 Å². The zero-order valence-electron chi connectivity index (χ0n) is 70.1. The molecule has 5 aromatic heterocycles. The number of anilines is 10. The summed E-state index contributed by atoms with van der Waals surface area (Å²) in [5, 5.41) is 30.7. The SMILES string of the molecule is CCOC(=O)c1sc(C(C)(C)C)cc1NC(=O)Nc1ccc(C)cc1.CNC(=O)c1sc(C(C)(C)C)cc1NC(=O)Nc1ccc(C)cc1.COC(=O)c1sc(C(C)(C)C)cc1NC(=O)Nc1ccc(C)cc1.COC(=O)c1sc(C(C)C)cc1NC(=O)Nc1ccc(C)cc1.COC(=O)c1sc(CBr)cc1NC(=O)Nc1ccc(C)cc1. The molecular weight excluding hydrogens is 1660 g/mol. The molecule has 0 fully saturated rings. The number of halogens is 1. The summed E-state index contributed by atoms with van der Waals surface area (Å²) in [4.78, 5) is 128. The van der Waals surface area contributed by atoms with E-state index in [1.807, 2.05) is 194 Å². The number of rotatable bonds is 18. The van der Waals surface area contributed by atoms with Gasteiger partial charge in [-0.3, -0.25) is 4.79 Å². The van der Waals surface area contributed by atoms with Gasteiger partial charge in [0.25, 0.3) is 5.91 Å². The molecular formula is C87H104BrN11O14S5. The lowest BCUT2D eigenvalue weighted by Crippen LogP contribution is -2.22. The van der Waals surface area contributed by atoms with Gasteiger partial charge in [-0.25, -0.2) is 43.2 Å². The van der Waals surface area contributed by atoms with Gasteiger partial charge in [-0.2, -0.15) is 0 Å². The number of hydrogen-bond donors (Lipinski definition) is 11. The molecule has 0 unspecified atom stereocenters. The van der Waals surface area contributed by atoms with Crippen molar-refractivity contribution in [2.75, 3.05) is 88.2 Å². The Morgan fingerprint density at radius 3 is 0.847 bits per heavy atom. The van der Waals surface area contributed by atoms with E-state index in [1.54, 1.807) is 20.0 Å². The van der Waals surface area contributed by atoms with Crippen LogP contribution in [0.25, 0.3) is 0 Å². The Morgan fingerprint density at radius 2 is 0.593 bits per heavy atom. The van der Waals surface area contributed by atoms with Gasteiger partial charge < -0.3 is 77.4 Å². The number of alkyl halides is 1. The minimum atomic E-state index is -0.470. The summed E-state index contributed by atoms with van der Waals surface area (Å²) in [6.07, 6.45) is 0. The molecule has 628 valence electrons. The van der Waals surface area contributed by atoms with Crippen molar-refractivity contribution in [1.29, 1.82) is 0 Å². The Morgan fingerprint density at radius 1 is 0.347 bits per heavy atom. The van der Waals surface area contributed by atoms with E-state index in [1.165, 1.54) is 78.0 Å². The molecule has 25 nitrogen and oxygen atoms in total. The Bertz CT molecular complexity index is 4980. The summed E-state index contributed by atoms with van der Waals surface area (Å²) in [5.74, 6) is -1.75. The second-order valence-electron chi connectivity index (χ2n) is 29.9. The fourth-order valence-electron chi connectivity index (χ4n) is 9.92. The van der Waals surface area contributed by atoms with Crippen LogP contribution in [0.1, 0.15) is 190 Å². The number of hydrogen-bond acceptors (Lipinski definition) is 19. The number of carbonyl (C=O) groups is 10. The lowest BCUT2D eigenvalue weighted by molar-refractivity contribution is 0.0530. The first kappa shape index (κ1) is 95.6. The smallest absolute Gasteiger partial charge is 0.350 e. The van der Waals surface area contributed by atoms with Gasteiger partial charge in [0.15, 0.2) is 0 Å². The van der Waals surface area contributed by atoms with Crippen molar-refractivity contribution in [2.45, 2.75) is 145 Å². The van der Waals surface area contributed by atoms with Crippen molar-refractivity contribution >= 4 is 189 Å². The highest BCUT2D eigenvalue weighted by Gasteiger charge is 2.29. The maximum Gasteiger partial charge on any atom is 0.350 e. The number of thiophene rings is 5. The Labute approximate surface area is 718 Å². The van der Waals surface area contributed by atoms with Crippen molar-refractivity contribution in [2.24, 2.45) is 0 Å². The Balaban J connectivity index is 0.000000229. The molecule has 0 aliphatic heterocycles. The number of methoxy groups -OCH3 is 3. The molecule has 0 radical (unpaired) electrons. The minimum absolute atomic E-state index is 0.0964. The number of benzene rings is 5. The lowest BCUT2D eigenvalue weighted by atomic mass is 9.94. The van der Waals surface area contributed by atoms with Crippen molar-refractivity contribution in [3.05, 3.63) is 228 Å². The van der Waals surface area contributed by atoms with Crippen LogP contribution in [0, 0.1) is 34.6 Å². The second-order valence-corrected chi connectivity index (χ2v) is 35.9. The molecule has 0 saturated carbocycles. The third-order valence-electron chi connectivity index (χ3n) is 16.4. The quantitative estimate of drug-likeness (QED) is 0.0216. The molecule has 118 heavy (non-hydrogen) atoms. The standard InChI is InChI=1S/C19H24N2O3S.C18H23N3O2S.C18H22N2O3S.C17H20N2O3S.C15H15BrN2O3S/c1-6-24-17(22)16-14(11-15(25-16)19(3,4)5)21-18(23)20-13-9-7-12(2)8-10-13;1-11-6-8-12(9-7-11)20-17(23)21-13-10-14(18(2,3)4)24-15(13)16(22)19-5;1-11-6-8-12(9-7-11)19-17(22)20-13-10-14(18(2,3)4)24-15(13)16(21)23-5;1-10(2)14-9-13(15(23-14)16(20)22-4)19-17(21)18-12-7-5-11(3)6-8-12;1-9-3-5-10(6-4-9)17-15(20)18-12-7-11(8-16)22-13(12)14(19)21-2/h7-11H,6H2,1-5H3,(H2,20,21,23);6-10H,1-5H3,(H,19,22)(H2,20,21,23);6-10H,1-5H3,(H2,19,20,22);5-10H,1-4H3,(H2,18,19,21);3-7H,8H2,1-2H3,(H2,17,18,20). The van der Waals surface area contributed by atoms with E-state index in [0.717, 1.165) is 52.2 Å². The monoisotopic (exact) mass is 1770 g/mol. The van der Waals surface area contributed by atoms with E-state index in [4.69, 9.17) is 18.9 Å². The molecule has 10 aromatic rings. The third-order valence-corrected chi connectivity index (χ3v) is 24.6. The van der Waals surface area contributed by atoms with Crippen LogP contribution in [-0.2, 0) is 40.5 Å². The highest BCUT2D eigenvalue weighted by Crippen LogP contribution is 2.40. The van der Waals surface area contributed by atoms with Gasteiger partial charge in [0.2, 0.25) is 0 Å². The molecule has 11 N–H and O–H groups in total. The number of ether oxygens (including phenoxy) is 4. The van der Waals surface area contributed by atoms with Gasteiger partial charge >= 0.3 is 54.0 Å². The van der Waals surface area contributed by atoms with Gasteiger partial charge in [-0.1, -0.05) is 181 Å². The molecule has 0 saturated heterocycles. The molecule has 31 heteroatoms. The predicted octanol–water partition coefficient (Wildman–Crippen LogP) is 23.3. The van der Waals surface area contributed by atoms with Gasteiger partial charge in [-0.05, 0) is 155 Å². The van der Waals surface area contributed by atoms with Crippen LogP contribution in [-0.4, -0.2) is 94.9 Å². The van der Waals surface area contributed by atoms with Gasteiger partial charge in [0.05, 0.1) is 56.4 Å². The largest absolute Gasteiger partial charge is 0.465 e. The van der Waals surface area contributed by atoms with Crippen LogP contribution >= 0.6 is 72.6 Å². The molecule has 10 rings (SSSR count). The van der Waals surface area contributed by atoms with Crippen molar-refractivity contribution in [3.63, 3.8) is 0 Å². The third kappa shape index (κ3) is 30.1. The van der Waals surface area contributed by atoms with Crippen molar-refractivity contribution < 1.29 is 66.9 Å². The summed E-state index contributed by atoms with van der Waals surface area (Å²) in [7, 11) is 5.54. The van der Waals surface area contributed by atoms with Crippen LogP contribution in [0.4, 0.5) is 80.8 Å². The highest BCUT2D eigenvalue weighted by molar-refractivity contribution is 9.08. The average molecular weight is 1770 g/mol. The minimum Gasteiger partial charge on any atom is -0.465 e. The number of esters is 4. The number of aryl methyl sites for hydroxylation is 5. The topological polar surface area (TPSA) is 340 Å². The van der Waals surface area contributed by atoms with Crippen LogP contribution in [0.15, 0.2) is 152 Å². The van der Waals surface area contributed by atoms with E-state index in [2.05, 4.69) is 137 Å². The highest BCUT2D eigenvalue weighted by atomic mass is 79.9. The molecule has 0 bridgehead atoms. The molecule has 11 amide bonds. The maximum atomic E-state index is 12.3. The van der Waals surface area contributed by atoms with Crippen LogP contribution in [0.2, 0.25) is 0 Å². The second kappa shape index (κ2) is 44.4. The summed E-state index contributed by atoms with van der Waals surface area (Å²) in [6.45, 7) is 34.5.